The fourth-order valence-corrected chi connectivity index (χ4v) is 6.47. The lowest BCUT2D eigenvalue weighted by molar-refractivity contribution is -0.135. The van der Waals surface area contributed by atoms with Crippen LogP contribution in [0.4, 0.5) is 0 Å². The lowest BCUT2D eigenvalue weighted by Crippen LogP contribution is -2.61. The number of carbonyl (C=O) groups excluding carboxylic acids is 1. The van der Waals surface area contributed by atoms with Crippen LogP contribution in [0.25, 0.3) is 0 Å². The molecular formula is C16H29ClN2O4S. The molecule has 1 saturated carbocycles. The van der Waals surface area contributed by atoms with Crippen molar-refractivity contribution in [2.45, 2.75) is 55.7 Å². The van der Waals surface area contributed by atoms with Gasteiger partial charge in [-0.3, -0.25) is 4.79 Å². The summed E-state index contributed by atoms with van der Waals surface area (Å²) in [5, 5.41) is 0. The molecule has 2 aliphatic heterocycles. The molecule has 2 N–H and O–H groups in total. The summed E-state index contributed by atoms with van der Waals surface area (Å²) >= 11 is 0. The lowest BCUT2D eigenvalue weighted by atomic mass is 9.86. The van der Waals surface area contributed by atoms with Crippen molar-refractivity contribution in [3.63, 3.8) is 0 Å². The van der Waals surface area contributed by atoms with E-state index in [1.165, 1.54) is 0 Å². The first kappa shape index (κ1) is 19.9. The van der Waals surface area contributed by atoms with Crippen molar-refractivity contribution in [1.82, 2.24) is 4.90 Å². The highest BCUT2D eigenvalue weighted by molar-refractivity contribution is 7.92. The normalized spacial score (nSPS) is 28.1. The number of amides is 1. The Kier molecular flexibility index (Phi) is 6.56. The summed E-state index contributed by atoms with van der Waals surface area (Å²) < 4.78 is 29.8. The second-order valence-corrected chi connectivity index (χ2v) is 9.80. The Morgan fingerprint density at radius 1 is 1.17 bits per heavy atom. The van der Waals surface area contributed by atoms with Gasteiger partial charge in [0.1, 0.15) is 0 Å². The van der Waals surface area contributed by atoms with E-state index in [1.54, 1.807) is 4.90 Å². The average Bonchev–Trinajstić information content (AvgIpc) is 2.58. The van der Waals surface area contributed by atoms with E-state index in [1.807, 2.05) is 0 Å². The minimum Gasteiger partial charge on any atom is -0.381 e. The Labute approximate surface area is 150 Å². The van der Waals surface area contributed by atoms with E-state index in [-0.39, 0.29) is 30.0 Å². The van der Waals surface area contributed by atoms with E-state index < -0.39 is 20.6 Å². The number of sulfone groups is 1. The molecule has 1 aliphatic carbocycles. The molecule has 3 rings (SSSR count). The molecule has 1 unspecified atom stereocenters. The van der Waals surface area contributed by atoms with Crippen LogP contribution in [-0.2, 0) is 19.4 Å². The molecule has 1 amide bonds. The zero-order valence-corrected chi connectivity index (χ0v) is 15.7. The number of hydrogen-bond donors (Lipinski definition) is 1. The molecule has 0 aromatic carbocycles. The molecule has 2 heterocycles. The van der Waals surface area contributed by atoms with Crippen molar-refractivity contribution in [1.29, 1.82) is 0 Å². The smallest absolute Gasteiger partial charge is 0.239 e. The van der Waals surface area contributed by atoms with Gasteiger partial charge in [-0.1, -0.05) is 19.3 Å². The zero-order valence-electron chi connectivity index (χ0n) is 14.1. The summed E-state index contributed by atoms with van der Waals surface area (Å²) in [6.07, 6.45) is 5.96. The van der Waals surface area contributed by atoms with Crippen LogP contribution < -0.4 is 5.73 Å². The van der Waals surface area contributed by atoms with Gasteiger partial charge in [0.25, 0.3) is 0 Å². The second kappa shape index (κ2) is 7.89. The molecule has 1 atom stereocenters. The third-order valence-corrected chi connectivity index (χ3v) is 8.48. The largest absolute Gasteiger partial charge is 0.381 e. The maximum Gasteiger partial charge on any atom is 0.239 e. The fourth-order valence-electron chi connectivity index (χ4n) is 4.31. The first-order valence-electron chi connectivity index (χ1n) is 8.80. The Bertz CT molecular complexity index is 542. The predicted molar refractivity (Wildman–Crippen MR) is 94.9 cm³/mol. The molecule has 6 nitrogen and oxygen atoms in total. The minimum atomic E-state index is -3.12. The van der Waals surface area contributed by atoms with E-state index in [2.05, 4.69) is 0 Å². The lowest BCUT2D eigenvalue weighted by Gasteiger charge is -2.45. The molecule has 2 saturated heterocycles. The molecular weight excluding hydrogens is 352 g/mol. The van der Waals surface area contributed by atoms with Crippen LogP contribution in [0.15, 0.2) is 0 Å². The van der Waals surface area contributed by atoms with Crippen molar-refractivity contribution in [3.05, 3.63) is 0 Å². The van der Waals surface area contributed by atoms with Crippen LogP contribution in [0.2, 0.25) is 0 Å². The maximum absolute atomic E-state index is 12.8. The summed E-state index contributed by atoms with van der Waals surface area (Å²) in [5.41, 5.74) is 6.21. The summed E-state index contributed by atoms with van der Waals surface area (Å²) in [6.45, 7) is 1.94. The van der Waals surface area contributed by atoms with Crippen LogP contribution in [-0.4, -0.2) is 62.1 Å². The van der Waals surface area contributed by atoms with Gasteiger partial charge in [-0.05, 0) is 31.6 Å². The molecule has 8 heteroatoms. The van der Waals surface area contributed by atoms with E-state index in [0.29, 0.717) is 39.1 Å². The van der Waals surface area contributed by atoms with Crippen LogP contribution in [0.3, 0.4) is 0 Å². The number of nitrogens with zero attached hydrogens (tertiary/aromatic N) is 1. The second-order valence-electron chi connectivity index (χ2n) is 7.30. The SMILES string of the molecule is Cl.NC(C(=O)N1CCS(=O)(=O)C2(CCCCC2)C1)C1CCOCC1. The molecule has 0 bridgehead atoms. The van der Waals surface area contributed by atoms with Crippen LogP contribution in [0.5, 0.6) is 0 Å². The predicted octanol–water partition coefficient (Wildman–Crippen LogP) is 1.12. The highest BCUT2D eigenvalue weighted by Crippen LogP contribution is 2.39. The highest BCUT2D eigenvalue weighted by Gasteiger charge is 2.49. The van der Waals surface area contributed by atoms with E-state index >= 15 is 0 Å². The monoisotopic (exact) mass is 380 g/mol. The van der Waals surface area contributed by atoms with Gasteiger partial charge in [0.15, 0.2) is 9.84 Å². The topological polar surface area (TPSA) is 89.7 Å². The number of rotatable bonds is 2. The van der Waals surface area contributed by atoms with Gasteiger partial charge in [-0.25, -0.2) is 8.42 Å². The standard InChI is InChI=1S/C16H28N2O4S.ClH/c17-14(13-4-9-22-10-5-13)15(19)18-8-11-23(20,21)16(12-18)6-2-1-3-7-16;/h13-14H,1-12,17H2;1H. The third kappa shape index (κ3) is 3.74. The Hall–Kier alpha value is -0.370. The molecule has 0 aromatic rings. The quantitative estimate of drug-likeness (QED) is 0.775. The Morgan fingerprint density at radius 3 is 2.42 bits per heavy atom. The van der Waals surface area contributed by atoms with Crippen molar-refractivity contribution in [2.75, 3.05) is 32.1 Å². The maximum atomic E-state index is 12.8. The van der Waals surface area contributed by atoms with Crippen molar-refractivity contribution in [3.8, 4) is 0 Å². The number of nitrogens with two attached hydrogens (primary N) is 1. The zero-order chi connectivity index (χ0) is 16.5. The van der Waals surface area contributed by atoms with E-state index in [4.69, 9.17) is 10.5 Å². The number of halogens is 1. The van der Waals surface area contributed by atoms with Crippen LogP contribution in [0.1, 0.15) is 44.9 Å². The molecule has 24 heavy (non-hydrogen) atoms. The van der Waals surface area contributed by atoms with Crippen molar-refractivity contribution >= 4 is 28.2 Å². The van der Waals surface area contributed by atoms with Gasteiger partial charge < -0.3 is 15.4 Å². The van der Waals surface area contributed by atoms with Crippen LogP contribution >= 0.6 is 12.4 Å². The highest BCUT2D eigenvalue weighted by atomic mass is 35.5. The molecule has 1 spiro atoms. The molecule has 140 valence electrons. The minimum absolute atomic E-state index is 0. The summed E-state index contributed by atoms with van der Waals surface area (Å²) in [7, 11) is -3.12. The number of hydrogen-bond acceptors (Lipinski definition) is 5. The fraction of sp³-hybridized carbons (Fsp3) is 0.938. The van der Waals surface area contributed by atoms with E-state index in [9.17, 15) is 13.2 Å². The van der Waals surface area contributed by atoms with Gasteiger partial charge in [0, 0.05) is 26.3 Å². The van der Waals surface area contributed by atoms with Crippen molar-refractivity contribution < 1.29 is 17.9 Å². The molecule has 3 fully saturated rings. The van der Waals surface area contributed by atoms with E-state index in [0.717, 1.165) is 32.1 Å². The van der Waals surface area contributed by atoms with Crippen LogP contribution in [0, 0.1) is 5.92 Å². The molecule has 0 aromatic heterocycles. The van der Waals surface area contributed by atoms with Gasteiger partial charge in [-0.2, -0.15) is 0 Å². The average molecular weight is 381 g/mol. The number of ether oxygens (including phenoxy) is 1. The van der Waals surface area contributed by atoms with Gasteiger partial charge in [0.2, 0.25) is 5.91 Å². The summed E-state index contributed by atoms with van der Waals surface area (Å²) in [4.78, 5) is 14.5. The summed E-state index contributed by atoms with van der Waals surface area (Å²) in [6, 6.07) is -0.527. The van der Waals surface area contributed by atoms with Gasteiger partial charge in [-0.15, -0.1) is 12.4 Å². The van der Waals surface area contributed by atoms with Crippen molar-refractivity contribution in [2.24, 2.45) is 11.7 Å². The first-order chi connectivity index (χ1) is 11.0. The molecule has 0 radical (unpaired) electrons. The summed E-state index contributed by atoms with van der Waals surface area (Å²) in [5.74, 6) is 0.160. The number of carbonyl (C=O) groups is 1. The molecule has 3 aliphatic rings. The van der Waals surface area contributed by atoms with Gasteiger partial charge in [0.05, 0.1) is 16.5 Å². The Balaban J connectivity index is 0.00000208. The first-order valence-corrected chi connectivity index (χ1v) is 10.4. The van der Waals surface area contributed by atoms with Gasteiger partial charge >= 0.3 is 0 Å². The third-order valence-electron chi connectivity index (χ3n) is 5.90. The Morgan fingerprint density at radius 2 is 1.79 bits per heavy atom.